The van der Waals surface area contributed by atoms with Crippen LogP contribution < -0.4 is 15.6 Å². The van der Waals surface area contributed by atoms with Crippen molar-refractivity contribution in [2.45, 2.75) is 13.8 Å². The number of amides is 2. The van der Waals surface area contributed by atoms with Crippen LogP contribution in [0.15, 0.2) is 47.6 Å². The second-order valence-electron chi connectivity index (χ2n) is 5.94. The van der Waals surface area contributed by atoms with E-state index in [2.05, 4.69) is 15.8 Å². The molecule has 2 N–H and O–H groups in total. The van der Waals surface area contributed by atoms with Gasteiger partial charge in [-0.15, -0.1) is 0 Å². The molecule has 0 unspecified atom stereocenters. The first-order valence-electron chi connectivity index (χ1n) is 7.86. The number of hydrogen-bond donors (Lipinski definition) is 2. The van der Waals surface area contributed by atoms with E-state index in [0.717, 1.165) is 22.4 Å². The average molecular weight is 338 g/mol. The number of carbonyl (C=O) groups is 2. The Bertz CT molecular complexity index is 796. The summed E-state index contributed by atoms with van der Waals surface area (Å²) in [7, 11) is 3.91. The van der Waals surface area contributed by atoms with E-state index in [-0.39, 0.29) is 0 Å². The molecule has 6 heteroatoms. The van der Waals surface area contributed by atoms with Gasteiger partial charge >= 0.3 is 11.8 Å². The van der Waals surface area contributed by atoms with Crippen LogP contribution >= 0.6 is 0 Å². The van der Waals surface area contributed by atoms with Gasteiger partial charge in [0.25, 0.3) is 0 Å². The summed E-state index contributed by atoms with van der Waals surface area (Å²) in [5.74, 6) is -1.58. The summed E-state index contributed by atoms with van der Waals surface area (Å²) < 4.78 is 0. The number of nitrogens with one attached hydrogen (secondary N) is 2. The molecule has 0 aliphatic heterocycles. The van der Waals surface area contributed by atoms with Gasteiger partial charge in [0.2, 0.25) is 0 Å². The van der Waals surface area contributed by atoms with E-state index in [1.807, 2.05) is 69.2 Å². The van der Waals surface area contributed by atoms with Crippen LogP contribution in [0.1, 0.15) is 16.7 Å². The first kappa shape index (κ1) is 18.2. The lowest BCUT2D eigenvalue weighted by Crippen LogP contribution is -2.32. The van der Waals surface area contributed by atoms with E-state index < -0.39 is 11.8 Å². The zero-order chi connectivity index (χ0) is 18.4. The summed E-state index contributed by atoms with van der Waals surface area (Å²) in [6.07, 6.45) is 1.49. The van der Waals surface area contributed by atoms with Crippen LogP contribution in [0.2, 0.25) is 0 Å². The number of anilines is 2. The fourth-order valence-corrected chi connectivity index (χ4v) is 2.08. The normalized spacial score (nSPS) is 10.6. The molecule has 130 valence electrons. The average Bonchev–Trinajstić information content (AvgIpc) is 2.58. The highest BCUT2D eigenvalue weighted by molar-refractivity contribution is 6.39. The van der Waals surface area contributed by atoms with Crippen molar-refractivity contribution in [3.8, 4) is 0 Å². The molecule has 2 rings (SSSR count). The van der Waals surface area contributed by atoms with Gasteiger partial charge in [-0.3, -0.25) is 9.59 Å². The molecule has 0 bridgehead atoms. The molecule has 2 aromatic carbocycles. The molecule has 2 amide bonds. The number of benzene rings is 2. The molecular formula is C19H22N4O2. The zero-order valence-corrected chi connectivity index (χ0v) is 14.8. The van der Waals surface area contributed by atoms with Gasteiger partial charge in [-0.1, -0.05) is 18.2 Å². The Balaban J connectivity index is 1.90. The van der Waals surface area contributed by atoms with Crippen LogP contribution in [-0.4, -0.2) is 32.1 Å². The zero-order valence-electron chi connectivity index (χ0n) is 14.8. The lowest BCUT2D eigenvalue weighted by atomic mass is 10.1. The molecule has 0 fully saturated rings. The highest BCUT2D eigenvalue weighted by Gasteiger charge is 2.13. The summed E-state index contributed by atoms with van der Waals surface area (Å²) in [5.41, 5.74) is 6.84. The molecule has 6 nitrogen and oxygen atoms in total. The standard InChI is InChI=1S/C19H22N4O2/c1-13-5-8-16(11-14(13)2)21-18(24)19(25)22-20-12-15-6-9-17(10-7-15)23(3)4/h5-12H,1-4H3,(H,21,24)(H,22,25)/b20-12+. The predicted octanol–water partition coefficient (Wildman–Crippen LogP) is 2.46. The molecule has 25 heavy (non-hydrogen) atoms. The maximum Gasteiger partial charge on any atom is 0.329 e. The molecule has 0 saturated heterocycles. The molecule has 0 aliphatic rings. The van der Waals surface area contributed by atoms with Gasteiger partial charge in [0.1, 0.15) is 0 Å². The molecule has 0 aliphatic carbocycles. The van der Waals surface area contributed by atoms with Crippen molar-refractivity contribution >= 4 is 29.4 Å². The second-order valence-corrected chi connectivity index (χ2v) is 5.94. The van der Waals surface area contributed by atoms with Gasteiger partial charge in [0, 0.05) is 25.5 Å². The minimum atomic E-state index is -0.820. The van der Waals surface area contributed by atoms with Crippen molar-refractivity contribution in [2.75, 3.05) is 24.3 Å². The molecule has 0 saturated carbocycles. The van der Waals surface area contributed by atoms with Gasteiger partial charge in [0.15, 0.2) is 0 Å². The Kier molecular flexibility index (Phi) is 5.89. The minimum absolute atomic E-state index is 0.575. The molecule has 0 spiro atoms. The summed E-state index contributed by atoms with van der Waals surface area (Å²) in [5, 5.41) is 6.36. The van der Waals surface area contributed by atoms with Crippen LogP contribution in [0.3, 0.4) is 0 Å². The predicted molar refractivity (Wildman–Crippen MR) is 101 cm³/mol. The van der Waals surface area contributed by atoms with Crippen LogP contribution in [0.25, 0.3) is 0 Å². The van der Waals surface area contributed by atoms with E-state index in [4.69, 9.17) is 0 Å². The number of hydrazone groups is 1. The number of aryl methyl sites for hydroxylation is 2. The third-order valence-corrected chi connectivity index (χ3v) is 3.76. The fraction of sp³-hybridized carbons (Fsp3) is 0.211. The van der Waals surface area contributed by atoms with Crippen molar-refractivity contribution in [1.82, 2.24) is 5.43 Å². The van der Waals surface area contributed by atoms with Crippen molar-refractivity contribution in [3.05, 3.63) is 59.2 Å². The quantitative estimate of drug-likeness (QED) is 0.511. The second kappa shape index (κ2) is 8.10. The third-order valence-electron chi connectivity index (χ3n) is 3.76. The summed E-state index contributed by atoms with van der Waals surface area (Å²) in [6.45, 7) is 3.92. The van der Waals surface area contributed by atoms with Gasteiger partial charge in [-0.05, 0) is 54.8 Å². The van der Waals surface area contributed by atoms with Crippen molar-refractivity contribution in [2.24, 2.45) is 5.10 Å². The Morgan fingerprint density at radius 3 is 2.24 bits per heavy atom. The number of nitrogens with zero attached hydrogens (tertiary/aromatic N) is 2. The summed E-state index contributed by atoms with van der Waals surface area (Å²) in [6, 6.07) is 13.1. The van der Waals surface area contributed by atoms with Crippen LogP contribution in [-0.2, 0) is 9.59 Å². The van der Waals surface area contributed by atoms with Crippen molar-refractivity contribution in [3.63, 3.8) is 0 Å². The molecule has 2 aromatic rings. The summed E-state index contributed by atoms with van der Waals surface area (Å²) >= 11 is 0. The van der Waals surface area contributed by atoms with E-state index in [1.165, 1.54) is 6.21 Å². The minimum Gasteiger partial charge on any atom is -0.378 e. The van der Waals surface area contributed by atoms with E-state index in [0.29, 0.717) is 5.69 Å². The monoisotopic (exact) mass is 338 g/mol. The SMILES string of the molecule is Cc1ccc(NC(=O)C(=O)N/N=C/c2ccc(N(C)C)cc2)cc1C. The number of hydrogen-bond acceptors (Lipinski definition) is 4. The largest absolute Gasteiger partial charge is 0.378 e. The Labute approximate surface area is 147 Å². The summed E-state index contributed by atoms with van der Waals surface area (Å²) in [4.78, 5) is 25.6. The highest BCUT2D eigenvalue weighted by Crippen LogP contribution is 2.14. The smallest absolute Gasteiger partial charge is 0.329 e. The molecule has 0 heterocycles. The van der Waals surface area contributed by atoms with Crippen LogP contribution in [0, 0.1) is 13.8 Å². The van der Waals surface area contributed by atoms with E-state index >= 15 is 0 Å². The van der Waals surface area contributed by atoms with E-state index in [9.17, 15) is 9.59 Å². The van der Waals surface area contributed by atoms with Crippen LogP contribution in [0.5, 0.6) is 0 Å². The topological polar surface area (TPSA) is 73.8 Å². The van der Waals surface area contributed by atoms with Crippen molar-refractivity contribution in [1.29, 1.82) is 0 Å². The Morgan fingerprint density at radius 1 is 0.960 bits per heavy atom. The first-order valence-corrected chi connectivity index (χ1v) is 7.86. The lowest BCUT2D eigenvalue weighted by molar-refractivity contribution is -0.136. The van der Waals surface area contributed by atoms with Crippen LogP contribution in [0.4, 0.5) is 11.4 Å². The highest BCUT2D eigenvalue weighted by atomic mass is 16.2. The Hall–Kier alpha value is -3.15. The maximum atomic E-state index is 11.9. The lowest BCUT2D eigenvalue weighted by Gasteiger charge is -2.11. The number of rotatable bonds is 4. The molecule has 0 radical (unpaired) electrons. The van der Waals surface area contributed by atoms with Gasteiger partial charge in [-0.25, -0.2) is 5.43 Å². The van der Waals surface area contributed by atoms with Gasteiger partial charge in [-0.2, -0.15) is 5.10 Å². The first-order chi connectivity index (χ1) is 11.9. The number of carbonyl (C=O) groups excluding carboxylic acids is 2. The third kappa shape index (κ3) is 5.17. The van der Waals surface area contributed by atoms with Gasteiger partial charge < -0.3 is 10.2 Å². The van der Waals surface area contributed by atoms with Crippen molar-refractivity contribution < 1.29 is 9.59 Å². The fourth-order valence-electron chi connectivity index (χ4n) is 2.08. The molecular weight excluding hydrogens is 316 g/mol. The maximum absolute atomic E-state index is 11.9. The Morgan fingerprint density at radius 2 is 1.64 bits per heavy atom. The van der Waals surface area contributed by atoms with E-state index in [1.54, 1.807) is 6.07 Å². The van der Waals surface area contributed by atoms with Gasteiger partial charge in [0.05, 0.1) is 6.21 Å². The molecule has 0 atom stereocenters. The molecule has 0 aromatic heterocycles.